The van der Waals surface area contributed by atoms with Crippen LogP contribution in [0.5, 0.6) is 5.75 Å². The molecule has 6 nitrogen and oxygen atoms in total. The normalized spacial score (nSPS) is 11.2. The molecule has 0 unspecified atom stereocenters. The van der Waals surface area contributed by atoms with Crippen LogP contribution in [-0.2, 0) is 13.1 Å². The molecule has 1 aromatic carbocycles. The summed E-state index contributed by atoms with van der Waals surface area (Å²) in [6.07, 6.45) is 1.55. The Morgan fingerprint density at radius 3 is 2.95 bits per heavy atom. The first-order chi connectivity index (χ1) is 10.3. The van der Waals surface area contributed by atoms with Crippen LogP contribution >= 0.6 is 0 Å². The van der Waals surface area contributed by atoms with Gasteiger partial charge in [-0.25, -0.2) is 4.99 Å². The summed E-state index contributed by atoms with van der Waals surface area (Å²) in [7, 11) is 1.66. The minimum Gasteiger partial charge on any atom is -0.497 e. The lowest BCUT2D eigenvalue weighted by Gasteiger charge is -2.10. The molecule has 0 saturated heterocycles. The molecule has 0 radical (unpaired) electrons. The van der Waals surface area contributed by atoms with Crippen molar-refractivity contribution >= 4 is 5.96 Å². The van der Waals surface area contributed by atoms with Crippen molar-refractivity contribution < 1.29 is 9.26 Å². The molecule has 0 aliphatic heterocycles. The maximum atomic E-state index is 5.21. The maximum Gasteiger partial charge on any atom is 0.191 e. The van der Waals surface area contributed by atoms with Crippen LogP contribution in [0.25, 0.3) is 0 Å². The first kappa shape index (κ1) is 14.9. The third-order valence-corrected chi connectivity index (χ3v) is 2.83. The van der Waals surface area contributed by atoms with Gasteiger partial charge in [-0.1, -0.05) is 17.3 Å². The number of methoxy groups -OCH3 is 1. The van der Waals surface area contributed by atoms with Crippen LogP contribution in [0, 0.1) is 0 Å². The molecule has 0 fully saturated rings. The van der Waals surface area contributed by atoms with E-state index in [0.717, 1.165) is 29.5 Å². The second-order valence-electron chi connectivity index (χ2n) is 4.39. The molecule has 0 atom stereocenters. The van der Waals surface area contributed by atoms with Gasteiger partial charge in [0.05, 0.1) is 20.2 Å². The van der Waals surface area contributed by atoms with Crippen molar-refractivity contribution in [3.63, 3.8) is 0 Å². The van der Waals surface area contributed by atoms with E-state index < -0.39 is 0 Å². The molecule has 0 aliphatic rings. The molecule has 0 spiro atoms. The van der Waals surface area contributed by atoms with Crippen LogP contribution in [0.15, 0.2) is 46.1 Å². The quantitative estimate of drug-likeness (QED) is 0.628. The van der Waals surface area contributed by atoms with Crippen LogP contribution in [0.3, 0.4) is 0 Å². The largest absolute Gasteiger partial charge is 0.497 e. The molecule has 21 heavy (non-hydrogen) atoms. The summed E-state index contributed by atoms with van der Waals surface area (Å²) in [5.41, 5.74) is 1.93. The van der Waals surface area contributed by atoms with Crippen LogP contribution in [0.4, 0.5) is 0 Å². The fraction of sp³-hybridized carbons (Fsp3) is 0.333. The van der Waals surface area contributed by atoms with Gasteiger partial charge < -0.3 is 19.9 Å². The van der Waals surface area contributed by atoms with E-state index in [2.05, 4.69) is 20.8 Å². The molecule has 2 rings (SSSR count). The molecule has 6 heteroatoms. The van der Waals surface area contributed by atoms with E-state index in [-0.39, 0.29) is 0 Å². The molecule has 1 heterocycles. The third-order valence-electron chi connectivity index (χ3n) is 2.83. The van der Waals surface area contributed by atoms with Gasteiger partial charge in [-0.3, -0.25) is 0 Å². The second-order valence-corrected chi connectivity index (χ2v) is 4.39. The number of hydrogen-bond donors (Lipinski definition) is 2. The first-order valence-corrected chi connectivity index (χ1v) is 6.86. The highest BCUT2D eigenvalue weighted by Crippen LogP contribution is 2.13. The van der Waals surface area contributed by atoms with E-state index in [1.54, 1.807) is 13.4 Å². The van der Waals surface area contributed by atoms with E-state index >= 15 is 0 Å². The van der Waals surface area contributed by atoms with E-state index in [1.807, 2.05) is 37.3 Å². The van der Waals surface area contributed by atoms with Gasteiger partial charge in [0.25, 0.3) is 0 Å². The van der Waals surface area contributed by atoms with Crippen molar-refractivity contribution in [1.29, 1.82) is 0 Å². The van der Waals surface area contributed by atoms with Crippen LogP contribution in [0.2, 0.25) is 0 Å². The zero-order chi connectivity index (χ0) is 14.9. The lowest BCUT2D eigenvalue weighted by molar-refractivity contribution is 0.410. The molecule has 2 aromatic rings. The fourth-order valence-corrected chi connectivity index (χ4v) is 1.79. The number of nitrogens with one attached hydrogen (secondary N) is 2. The summed E-state index contributed by atoms with van der Waals surface area (Å²) in [5, 5.41) is 10.3. The number of hydrogen-bond acceptors (Lipinski definition) is 4. The molecule has 0 aliphatic carbocycles. The van der Waals surface area contributed by atoms with E-state index in [9.17, 15) is 0 Å². The Bertz CT molecular complexity index is 567. The van der Waals surface area contributed by atoms with Gasteiger partial charge in [0.1, 0.15) is 17.7 Å². The average molecular weight is 288 g/mol. The molecular weight excluding hydrogens is 268 g/mol. The topological polar surface area (TPSA) is 71.7 Å². The maximum absolute atomic E-state index is 5.21. The Hall–Kier alpha value is -2.50. The SMILES string of the molecule is CCNC(=NCc1cccc(OC)c1)NCc1ccon1. The highest BCUT2D eigenvalue weighted by Gasteiger charge is 2.01. The lowest BCUT2D eigenvalue weighted by Crippen LogP contribution is -2.36. The minimum atomic E-state index is 0.570. The van der Waals surface area contributed by atoms with E-state index in [0.29, 0.717) is 13.1 Å². The summed E-state index contributed by atoms with van der Waals surface area (Å²) in [6, 6.07) is 9.69. The van der Waals surface area contributed by atoms with Gasteiger partial charge in [0, 0.05) is 12.6 Å². The molecule has 1 aromatic heterocycles. The number of benzene rings is 1. The zero-order valence-electron chi connectivity index (χ0n) is 12.3. The van der Waals surface area contributed by atoms with Crippen molar-refractivity contribution in [2.75, 3.05) is 13.7 Å². The van der Waals surface area contributed by atoms with Crippen molar-refractivity contribution in [2.45, 2.75) is 20.0 Å². The third kappa shape index (κ3) is 4.83. The smallest absolute Gasteiger partial charge is 0.191 e. The predicted molar refractivity (Wildman–Crippen MR) is 81.2 cm³/mol. The lowest BCUT2D eigenvalue weighted by atomic mass is 10.2. The first-order valence-electron chi connectivity index (χ1n) is 6.86. The Kier molecular flexibility index (Phi) is 5.63. The Morgan fingerprint density at radius 1 is 1.33 bits per heavy atom. The van der Waals surface area contributed by atoms with E-state index in [4.69, 9.17) is 9.26 Å². The Balaban J connectivity index is 1.95. The molecule has 0 amide bonds. The minimum absolute atomic E-state index is 0.570. The summed E-state index contributed by atoms with van der Waals surface area (Å²) in [4.78, 5) is 4.54. The molecule has 2 N–H and O–H groups in total. The number of rotatable bonds is 6. The van der Waals surface area contributed by atoms with Crippen molar-refractivity contribution in [3.8, 4) is 5.75 Å². The van der Waals surface area contributed by atoms with Gasteiger partial charge in [0.15, 0.2) is 5.96 Å². The molecule has 112 valence electrons. The Labute approximate surface area is 124 Å². The van der Waals surface area contributed by atoms with Gasteiger partial charge in [0.2, 0.25) is 0 Å². The zero-order valence-corrected chi connectivity index (χ0v) is 12.3. The number of ether oxygens (including phenoxy) is 1. The van der Waals surface area contributed by atoms with Gasteiger partial charge in [-0.2, -0.15) is 0 Å². The highest BCUT2D eigenvalue weighted by atomic mass is 16.5. The van der Waals surface area contributed by atoms with Crippen LogP contribution in [0.1, 0.15) is 18.2 Å². The monoisotopic (exact) mass is 288 g/mol. The fourth-order valence-electron chi connectivity index (χ4n) is 1.79. The summed E-state index contributed by atoms with van der Waals surface area (Å²) < 4.78 is 10.0. The molecular formula is C15H20N4O2. The number of nitrogens with zero attached hydrogens (tertiary/aromatic N) is 2. The number of aromatic nitrogens is 1. The number of aliphatic imine (C=N–C) groups is 1. The predicted octanol–water partition coefficient (Wildman–Crippen LogP) is 1.94. The van der Waals surface area contributed by atoms with Crippen molar-refractivity contribution in [1.82, 2.24) is 15.8 Å². The number of guanidine groups is 1. The standard InChI is InChI=1S/C15H20N4O2/c1-3-16-15(18-11-13-7-8-21-19-13)17-10-12-5-4-6-14(9-12)20-2/h4-9H,3,10-11H2,1-2H3,(H2,16,17,18). The summed E-state index contributed by atoms with van der Waals surface area (Å²) in [6.45, 7) is 3.97. The van der Waals surface area contributed by atoms with Crippen molar-refractivity contribution in [3.05, 3.63) is 47.9 Å². The van der Waals surface area contributed by atoms with Crippen LogP contribution in [-0.4, -0.2) is 24.8 Å². The summed E-state index contributed by atoms with van der Waals surface area (Å²) >= 11 is 0. The van der Waals surface area contributed by atoms with Gasteiger partial charge in [-0.15, -0.1) is 0 Å². The van der Waals surface area contributed by atoms with Gasteiger partial charge in [-0.05, 0) is 24.6 Å². The molecule has 0 bridgehead atoms. The highest BCUT2D eigenvalue weighted by molar-refractivity contribution is 5.79. The van der Waals surface area contributed by atoms with Crippen LogP contribution < -0.4 is 15.4 Å². The van der Waals surface area contributed by atoms with Gasteiger partial charge >= 0.3 is 0 Å². The Morgan fingerprint density at radius 2 is 2.24 bits per heavy atom. The second kappa shape index (κ2) is 7.94. The van der Waals surface area contributed by atoms with Crippen molar-refractivity contribution in [2.24, 2.45) is 4.99 Å². The van der Waals surface area contributed by atoms with E-state index in [1.165, 1.54) is 0 Å². The molecule has 0 saturated carbocycles. The summed E-state index contributed by atoms with van der Waals surface area (Å²) in [5.74, 6) is 1.58. The average Bonchev–Trinajstić information content (AvgIpc) is 3.03.